The third kappa shape index (κ3) is 7.01. The van der Waals surface area contributed by atoms with Gasteiger partial charge in [0.05, 0.1) is 11.1 Å². The van der Waals surface area contributed by atoms with Crippen LogP contribution in [0.15, 0.2) is 51.4 Å². The summed E-state index contributed by atoms with van der Waals surface area (Å²) < 4.78 is 12.5. The predicted octanol–water partition coefficient (Wildman–Crippen LogP) is 4.16. The first-order valence-corrected chi connectivity index (χ1v) is 10.1. The summed E-state index contributed by atoms with van der Waals surface area (Å²) in [5.74, 6) is 0.407. The fourth-order valence-corrected chi connectivity index (χ4v) is 3.79. The minimum atomic E-state index is -0.475. The Hall–Kier alpha value is -2.32. The molecule has 0 fully saturated rings. The van der Waals surface area contributed by atoms with Crippen molar-refractivity contribution >= 4 is 49.8 Å². The smallest absolute Gasteiger partial charge is 0.276 e. The van der Waals surface area contributed by atoms with Crippen molar-refractivity contribution in [2.24, 2.45) is 0 Å². The quantitative estimate of drug-likeness (QED) is 0.432. The third-order valence-electron chi connectivity index (χ3n) is 3.49. The molecular formula is C20H20Br2N2O4. The zero-order valence-corrected chi connectivity index (χ0v) is 18.6. The second-order valence-electron chi connectivity index (χ2n) is 5.70. The zero-order valence-electron chi connectivity index (χ0n) is 15.4. The van der Waals surface area contributed by atoms with E-state index in [2.05, 4.69) is 42.7 Å². The number of hydrazine groups is 1. The first-order valence-electron chi connectivity index (χ1n) is 8.47. The van der Waals surface area contributed by atoms with Crippen molar-refractivity contribution in [2.45, 2.75) is 13.8 Å². The van der Waals surface area contributed by atoms with Gasteiger partial charge in [0.25, 0.3) is 11.8 Å². The van der Waals surface area contributed by atoms with Crippen molar-refractivity contribution < 1.29 is 19.1 Å². The van der Waals surface area contributed by atoms with E-state index >= 15 is 0 Å². The van der Waals surface area contributed by atoms with Crippen LogP contribution in [-0.4, -0.2) is 25.0 Å². The Labute approximate surface area is 180 Å². The molecule has 0 aliphatic carbocycles. The van der Waals surface area contributed by atoms with Gasteiger partial charge in [-0.25, -0.2) is 0 Å². The molecule has 0 aromatic heterocycles. The first kappa shape index (κ1) is 22.0. The highest BCUT2D eigenvalue weighted by Crippen LogP contribution is 2.32. The number of hydrogen-bond donors (Lipinski definition) is 2. The molecule has 0 saturated carbocycles. The van der Waals surface area contributed by atoms with Crippen molar-refractivity contribution in [3.05, 3.63) is 62.5 Å². The van der Waals surface area contributed by atoms with Gasteiger partial charge in [-0.05, 0) is 71.2 Å². The molecule has 0 atom stereocenters. The van der Waals surface area contributed by atoms with Gasteiger partial charge in [0.1, 0.15) is 11.5 Å². The van der Waals surface area contributed by atoms with Gasteiger partial charge >= 0.3 is 0 Å². The van der Waals surface area contributed by atoms with E-state index in [1.54, 1.807) is 6.08 Å². The number of halogens is 2. The van der Waals surface area contributed by atoms with Crippen molar-refractivity contribution in [1.29, 1.82) is 0 Å². The fraction of sp³-hybridized carbons (Fsp3) is 0.200. The first-order chi connectivity index (χ1) is 13.4. The van der Waals surface area contributed by atoms with Crippen LogP contribution < -0.4 is 20.3 Å². The fourth-order valence-electron chi connectivity index (χ4n) is 2.23. The summed E-state index contributed by atoms with van der Waals surface area (Å²) in [7, 11) is 0. The Morgan fingerprint density at radius 3 is 2.43 bits per heavy atom. The summed E-state index contributed by atoms with van der Waals surface area (Å²) in [5.41, 5.74) is 6.32. The van der Waals surface area contributed by atoms with Gasteiger partial charge in [-0.2, -0.15) is 0 Å². The van der Waals surface area contributed by atoms with Crippen molar-refractivity contribution in [3.63, 3.8) is 0 Å². The van der Waals surface area contributed by atoms with Crippen LogP contribution in [0.1, 0.15) is 18.1 Å². The Balaban J connectivity index is 1.78. The molecule has 2 aromatic rings. The normalized spacial score (nSPS) is 10.6. The molecule has 0 aliphatic rings. The van der Waals surface area contributed by atoms with Crippen molar-refractivity contribution in [1.82, 2.24) is 10.9 Å². The lowest BCUT2D eigenvalue weighted by molar-refractivity contribution is -0.128. The van der Waals surface area contributed by atoms with Crippen LogP contribution in [-0.2, 0) is 9.59 Å². The lowest BCUT2D eigenvalue weighted by Gasteiger charge is -2.12. The predicted molar refractivity (Wildman–Crippen MR) is 115 cm³/mol. The highest BCUT2D eigenvalue weighted by molar-refractivity contribution is 9.11. The van der Waals surface area contributed by atoms with E-state index < -0.39 is 11.8 Å². The number of benzene rings is 2. The summed E-state index contributed by atoms with van der Waals surface area (Å²) in [6.45, 7) is 4.15. The molecule has 2 rings (SSSR count). The molecule has 0 radical (unpaired) electrons. The monoisotopic (exact) mass is 510 g/mol. The SMILES string of the molecule is CCOc1ccc(/C=C/C(=O)NNC(=O)COc2c(C)cc(Br)cc2Br)cc1. The molecule has 0 spiro atoms. The second-order valence-corrected chi connectivity index (χ2v) is 7.47. The average molecular weight is 512 g/mol. The highest BCUT2D eigenvalue weighted by Gasteiger charge is 2.10. The van der Waals surface area contributed by atoms with Crippen LogP contribution in [0.4, 0.5) is 0 Å². The lowest BCUT2D eigenvalue weighted by atomic mass is 10.2. The van der Waals surface area contributed by atoms with E-state index in [0.717, 1.165) is 25.8 Å². The van der Waals surface area contributed by atoms with Crippen LogP contribution >= 0.6 is 31.9 Å². The Morgan fingerprint density at radius 2 is 1.79 bits per heavy atom. The maximum absolute atomic E-state index is 11.9. The maximum atomic E-state index is 11.9. The Bertz CT molecular complexity index is 844. The minimum Gasteiger partial charge on any atom is -0.494 e. The summed E-state index contributed by atoms with van der Waals surface area (Å²) in [6.07, 6.45) is 2.96. The molecule has 0 aliphatic heterocycles. The standard InChI is InChI=1S/C20H20Br2N2O4/c1-3-27-16-7-4-14(5-8-16)6-9-18(25)23-24-19(26)12-28-20-13(2)10-15(21)11-17(20)22/h4-11H,3,12H2,1-2H3,(H,23,25)(H,24,26)/b9-6+. The van der Waals surface area contributed by atoms with Crippen molar-refractivity contribution in [2.75, 3.05) is 13.2 Å². The largest absolute Gasteiger partial charge is 0.494 e. The molecule has 2 amide bonds. The van der Waals surface area contributed by atoms with Gasteiger partial charge in [0.2, 0.25) is 0 Å². The number of carbonyl (C=O) groups excluding carboxylic acids is 2. The van der Waals surface area contributed by atoms with E-state index in [9.17, 15) is 9.59 Å². The highest BCUT2D eigenvalue weighted by atomic mass is 79.9. The van der Waals surface area contributed by atoms with E-state index in [1.165, 1.54) is 6.08 Å². The molecular weight excluding hydrogens is 492 g/mol. The maximum Gasteiger partial charge on any atom is 0.276 e. The number of hydrogen-bond acceptors (Lipinski definition) is 4. The second kappa shape index (κ2) is 10.9. The molecule has 28 heavy (non-hydrogen) atoms. The number of carbonyl (C=O) groups is 2. The molecule has 148 valence electrons. The number of amides is 2. The lowest BCUT2D eigenvalue weighted by Crippen LogP contribution is -2.43. The van der Waals surface area contributed by atoms with Crippen LogP contribution in [0.2, 0.25) is 0 Å². The average Bonchev–Trinajstić information content (AvgIpc) is 2.65. The van der Waals surface area contributed by atoms with Gasteiger partial charge < -0.3 is 9.47 Å². The van der Waals surface area contributed by atoms with Crippen molar-refractivity contribution in [3.8, 4) is 11.5 Å². The summed E-state index contributed by atoms with van der Waals surface area (Å²) in [4.78, 5) is 23.7. The van der Waals surface area contributed by atoms with Gasteiger partial charge in [-0.1, -0.05) is 28.1 Å². The topological polar surface area (TPSA) is 76.7 Å². The molecule has 0 heterocycles. The van der Waals surface area contributed by atoms with Gasteiger partial charge in [-0.15, -0.1) is 0 Å². The van der Waals surface area contributed by atoms with Crippen LogP contribution in [0.5, 0.6) is 11.5 Å². The molecule has 2 aromatic carbocycles. The van der Waals surface area contributed by atoms with E-state index in [4.69, 9.17) is 9.47 Å². The molecule has 0 saturated heterocycles. The van der Waals surface area contributed by atoms with Crippen LogP contribution in [0.3, 0.4) is 0 Å². The third-order valence-corrected chi connectivity index (χ3v) is 4.53. The van der Waals surface area contributed by atoms with Gasteiger partial charge in [0, 0.05) is 10.5 Å². The molecule has 8 heteroatoms. The number of ether oxygens (including phenoxy) is 2. The number of rotatable bonds is 7. The Morgan fingerprint density at radius 1 is 1.07 bits per heavy atom. The van der Waals surface area contributed by atoms with Gasteiger partial charge in [-0.3, -0.25) is 20.4 Å². The van der Waals surface area contributed by atoms with Crippen LogP contribution in [0.25, 0.3) is 6.08 Å². The van der Waals surface area contributed by atoms with E-state index in [0.29, 0.717) is 12.4 Å². The summed E-state index contributed by atoms with van der Waals surface area (Å²) in [5, 5.41) is 0. The van der Waals surface area contributed by atoms with Gasteiger partial charge in [0.15, 0.2) is 6.61 Å². The molecule has 2 N–H and O–H groups in total. The van der Waals surface area contributed by atoms with E-state index in [-0.39, 0.29) is 6.61 Å². The summed E-state index contributed by atoms with van der Waals surface area (Å²) in [6, 6.07) is 11.0. The number of aryl methyl sites for hydroxylation is 1. The Kier molecular flexibility index (Phi) is 8.53. The van der Waals surface area contributed by atoms with E-state index in [1.807, 2.05) is 50.2 Å². The van der Waals surface area contributed by atoms with Crippen LogP contribution in [0, 0.1) is 6.92 Å². The molecule has 0 bridgehead atoms. The zero-order chi connectivity index (χ0) is 20.5. The number of nitrogens with one attached hydrogen (secondary N) is 2. The molecule has 0 unspecified atom stereocenters. The molecule has 6 nitrogen and oxygen atoms in total. The summed E-state index contributed by atoms with van der Waals surface area (Å²) >= 11 is 6.78. The minimum absolute atomic E-state index is 0.232.